The maximum Gasteiger partial charge on any atom is 0.234 e. The number of aromatic nitrogens is 1. The Kier molecular flexibility index (Phi) is 5.95. The van der Waals surface area contributed by atoms with Crippen LogP contribution in [0.4, 0.5) is 5.82 Å². The molecule has 2 aliphatic rings. The fourth-order valence-electron chi connectivity index (χ4n) is 3.57. The number of pyridine rings is 1. The molecule has 5 nitrogen and oxygen atoms in total. The average Bonchev–Trinajstić information content (AvgIpc) is 2.58. The van der Waals surface area contributed by atoms with Crippen molar-refractivity contribution in [2.45, 2.75) is 38.6 Å². The van der Waals surface area contributed by atoms with Gasteiger partial charge in [-0.3, -0.25) is 9.69 Å². The van der Waals surface area contributed by atoms with Crippen molar-refractivity contribution in [3.8, 4) is 0 Å². The van der Waals surface area contributed by atoms with Gasteiger partial charge >= 0.3 is 0 Å². The minimum Gasteiger partial charge on any atom is -0.354 e. The van der Waals surface area contributed by atoms with Gasteiger partial charge in [-0.2, -0.15) is 0 Å². The van der Waals surface area contributed by atoms with Crippen LogP contribution in [0.3, 0.4) is 0 Å². The number of halogens is 1. The number of carbonyl (C=O) groups is 1. The largest absolute Gasteiger partial charge is 0.354 e. The fourth-order valence-corrected chi connectivity index (χ4v) is 3.68. The number of hydrogen-bond acceptors (Lipinski definition) is 4. The van der Waals surface area contributed by atoms with Gasteiger partial charge in [0.25, 0.3) is 0 Å². The molecule has 132 valence electrons. The maximum absolute atomic E-state index is 12.3. The molecule has 2 heterocycles. The summed E-state index contributed by atoms with van der Waals surface area (Å²) in [6.45, 7) is 6.37. The van der Waals surface area contributed by atoms with E-state index in [-0.39, 0.29) is 5.91 Å². The van der Waals surface area contributed by atoms with E-state index in [0.717, 1.165) is 50.8 Å². The van der Waals surface area contributed by atoms with Crippen molar-refractivity contribution in [3.05, 3.63) is 23.4 Å². The van der Waals surface area contributed by atoms with Gasteiger partial charge in [0.15, 0.2) is 0 Å². The summed E-state index contributed by atoms with van der Waals surface area (Å²) in [6, 6.07) is 4.21. The van der Waals surface area contributed by atoms with Crippen molar-refractivity contribution in [1.29, 1.82) is 0 Å². The highest BCUT2D eigenvalue weighted by atomic mass is 35.5. The van der Waals surface area contributed by atoms with Gasteiger partial charge in [0.1, 0.15) is 5.82 Å². The van der Waals surface area contributed by atoms with Crippen LogP contribution in [-0.4, -0.2) is 54.6 Å². The van der Waals surface area contributed by atoms with Crippen molar-refractivity contribution in [1.82, 2.24) is 15.2 Å². The molecule has 0 radical (unpaired) electrons. The lowest BCUT2D eigenvalue weighted by Gasteiger charge is -2.35. The number of nitrogens with zero attached hydrogens (tertiary/aromatic N) is 3. The fraction of sp³-hybridized carbons (Fsp3) is 0.667. The molecule has 1 aliphatic carbocycles. The van der Waals surface area contributed by atoms with E-state index in [4.69, 9.17) is 11.6 Å². The Balaban J connectivity index is 1.40. The van der Waals surface area contributed by atoms with Crippen LogP contribution in [-0.2, 0) is 4.79 Å². The summed E-state index contributed by atoms with van der Waals surface area (Å²) in [6.07, 6.45) is 6.41. The summed E-state index contributed by atoms with van der Waals surface area (Å²) >= 11 is 5.89. The van der Waals surface area contributed by atoms with Crippen molar-refractivity contribution >= 4 is 23.3 Å². The normalized spacial score (nSPS) is 25.5. The van der Waals surface area contributed by atoms with Crippen molar-refractivity contribution in [2.75, 3.05) is 37.6 Å². The van der Waals surface area contributed by atoms with Crippen LogP contribution in [0.25, 0.3) is 0 Å². The number of nitrogens with one attached hydrogen (secondary N) is 1. The van der Waals surface area contributed by atoms with E-state index in [1.165, 1.54) is 12.8 Å². The van der Waals surface area contributed by atoms with Crippen molar-refractivity contribution in [2.24, 2.45) is 5.92 Å². The Labute approximate surface area is 149 Å². The van der Waals surface area contributed by atoms with Crippen LogP contribution in [0, 0.1) is 5.92 Å². The molecule has 3 rings (SSSR count). The lowest BCUT2D eigenvalue weighted by molar-refractivity contribution is -0.123. The summed E-state index contributed by atoms with van der Waals surface area (Å²) in [5.74, 6) is 1.94. The lowest BCUT2D eigenvalue weighted by Crippen LogP contribution is -2.51. The summed E-state index contributed by atoms with van der Waals surface area (Å²) in [7, 11) is 0. The Morgan fingerprint density at radius 1 is 1.21 bits per heavy atom. The van der Waals surface area contributed by atoms with E-state index < -0.39 is 0 Å². The number of rotatable bonds is 4. The van der Waals surface area contributed by atoms with Crippen LogP contribution in [0.5, 0.6) is 0 Å². The van der Waals surface area contributed by atoms with Gasteiger partial charge in [-0.1, -0.05) is 18.5 Å². The Morgan fingerprint density at radius 3 is 2.54 bits per heavy atom. The van der Waals surface area contributed by atoms with Crippen LogP contribution < -0.4 is 10.2 Å². The first-order valence-corrected chi connectivity index (χ1v) is 9.36. The first-order chi connectivity index (χ1) is 11.6. The van der Waals surface area contributed by atoms with Gasteiger partial charge in [-0.25, -0.2) is 4.98 Å². The lowest BCUT2D eigenvalue weighted by atomic mass is 9.87. The molecular weight excluding hydrogens is 324 g/mol. The first kappa shape index (κ1) is 17.5. The minimum atomic E-state index is 0.174. The third-order valence-corrected chi connectivity index (χ3v) is 5.38. The zero-order chi connectivity index (χ0) is 16.9. The average molecular weight is 351 g/mol. The second-order valence-corrected chi connectivity index (χ2v) is 7.56. The maximum atomic E-state index is 12.3. The van der Waals surface area contributed by atoms with Gasteiger partial charge in [0, 0.05) is 38.4 Å². The second-order valence-electron chi connectivity index (χ2n) is 7.12. The number of amides is 1. The third-order valence-electron chi connectivity index (χ3n) is 5.16. The SMILES string of the molecule is CC1CCC(NC(=O)CN2CCN(c3ccc(Cl)cn3)CC2)CC1. The smallest absolute Gasteiger partial charge is 0.234 e. The minimum absolute atomic E-state index is 0.174. The summed E-state index contributed by atoms with van der Waals surface area (Å²) in [4.78, 5) is 21.1. The second kappa shape index (κ2) is 8.17. The van der Waals surface area contributed by atoms with Gasteiger partial charge in [-0.05, 0) is 43.7 Å². The highest BCUT2D eigenvalue weighted by Crippen LogP contribution is 2.23. The van der Waals surface area contributed by atoms with Crippen LogP contribution >= 0.6 is 11.6 Å². The van der Waals surface area contributed by atoms with Crippen LogP contribution in [0.15, 0.2) is 18.3 Å². The number of carbonyl (C=O) groups excluding carboxylic acids is 1. The summed E-state index contributed by atoms with van der Waals surface area (Å²) < 4.78 is 0. The molecule has 1 amide bonds. The van der Waals surface area contributed by atoms with E-state index in [1.807, 2.05) is 12.1 Å². The summed E-state index contributed by atoms with van der Waals surface area (Å²) in [5, 5.41) is 3.87. The Bertz CT molecular complexity index is 534. The zero-order valence-corrected chi connectivity index (χ0v) is 15.1. The van der Waals surface area contributed by atoms with Crippen LogP contribution in [0.1, 0.15) is 32.6 Å². The predicted octanol–water partition coefficient (Wildman–Crippen LogP) is 2.55. The molecule has 0 aromatic carbocycles. The number of piperazine rings is 1. The Hall–Kier alpha value is -1.33. The molecule has 1 saturated carbocycles. The topological polar surface area (TPSA) is 48.5 Å². The van der Waals surface area contributed by atoms with E-state index in [9.17, 15) is 4.79 Å². The molecule has 0 bridgehead atoms. The molecule has 2 fully saturated rings. The third kappa shape index (κ3) is 4.84. The van der Waals surface area contributed by atoms with Crippen molar-refractivity contribution in [3.63, 3.8) is 0 Å². The van der Waals surface area contributed by atoms with E-state index >= 15 is 0 Å². The van der Waals surface area contributed by atoms with Gasteiger partial charge in [0.05, 0.1) is 11.6 Å². The molecule has 0 spiro atoms. The standard InChI is InChI=1S/C18H27ClN4O/c1-14-2-5-16(6-3-14)21-18(24)13-22-8-10-23(11-9-22)17-7-4-15(19)12-20-17/h4,7,12,14,16H,2-3,5-6,8-11,13H2,1H3,(H,21,24). The van der Waals surface area contributed by atoms with Gasteiger partial charge in [0.2, 0.25) is 5.91 Å². The molecule has 24 heavy (non-hydrogen) atoms. The zero-order valence-electron chi connectivity index (χ0n) is 14.4. The molecule has 1 N–H and O–H groups in total. The molecule has 6 heteroatoms. The molecule has 1 saturated heterocycles. The summed E-state index contributed by atoms with van der Waals surface area (Å²) in [5.41, 5.74) is 0. The highest BCUT2D eigenvalue weighted by Gasteiger charge is 2.23. The van der Waals surface area contributed by atoms with Crippen LogP contribution in [0.2, 0.25) is 5.02 Å². The van der Waals surface area contributed by atoms with E-state index in [0.29, 0.717) is 17.6 Å². The van der Waals surface area contributed by atoms with Gasteiger partial charge < -0.3 is 10.2 Å². The predicted molar refractivity (Wildman–Crippen MR) is 97.5 cm³/mol. The quantitative estimate of drug-likeness (QED) is 0.906. The monoisotopic (exact) mass is 350 g/mol. The van der Waals surface area contributed by atoms with E-state index in [2.05, 4.69) is 27.0 Å². The molecule has 1 aromatic heterocycles. The highest BCUT2D eigenvalue weighted by molar-refractivity contribution is 6.30. The van der Waals surface area contributed by atoms with E-state index in [1.54, 1.807) is 6.20 Å². The Morgan fingerprint density at radius 2 is 1.92 bits per heavy atom. The molecule has 1 aromatic rings. The number of hydrogen-bond donors (Lipinski definition) is 1. The first-order valence-electron chi connectivity index (χ1n) is 8.98. The van der Waals surface area contributed by atoms with Crippen molar-refractivity contribution < 1.29 is 4.79 Å². The molecule has 0 atom stereocenters. The molecular formula is C18H27ClN4O. The molecule has 0 unspecified atom stereocenters. The molecule has 1 aliphatic heterocycles. The van der Waals surface area contributed by atoms with Gasteiger partial charge in [-0.15, -0.1) is 0 Å². The number of anilines is 1.